The van der Waals surface area contributed by atoms with Crippen LogP contribution in [0, 0.1) is 0 Å². The predicted molar refractivity (Wildman–Crippen MR) is 207 cm³/mol. The Labute approximate surface area is 351 Å². The minimum atomic E-state index is -1.36. The summed E-state index contributed by atoms with van der Waals surface area (Å²) in [4.78, 5) is 68.4. The molecule has 3 amide bonds. The maximum atomic E-state index is 14.0. The number of β-lactam (4-membered cyclic amide) rings is 1. The van der Waals surface area contributed by atoms with E-state index in [1.165, 1.54) is 16.7 Å². The molecule has 2 aliphatic heterocycles. The van der Waals surface area contributed by atoms with Gasteiger partial charge in [0.05, 0.1) is 20.2 Å². The first-order valence-electron chi connectivity index (χ1n) is 17.8. The van der Waals surface area contributed by atoms with E-state index < -0.39 is 53.5 Å². The standard InChI is InChI=1S/C36H41FN10O8S2.BrH/c1-36(2,3)55-35(51)42-34-41-28(44-57-34)25(43-54-19-37)30(48)40-26-31(49)47-27(33(50)53-17-21-9-11-23(52-5)12-10-21)22(18-56-32(26)47)16-46-20-45(15-7-13-38-4)24-8-6-14-39-29(24)46;/h6,8-12,14,20,26,32,38H,7,13,15-19H2,1-5H3,(H-,40,41,42,44,48,51);1H/b43-25-;. The Balaban J connectivity index is 0.00000641. The highest BCUT2D eigenvalue weighted by Gasteiger charge is 2.55. The Morgan fingerprint density at radius 2 is 1.93 bits per heavy atom. The van der Waals surface area contributed by atoms with Crippen LogP contribution in [-0.2, 0) is 48.4 Å². The van der Waals surface area contributed by atoms with Gasteiger partial charge in [0.15, 0.2) is 11.8 Å². The van der Waals surface area contributed by atoms with Gasteiger partial charge in [-0.25, -0.2) is 18.5 Å². The molecule has 6 rings (SSSR count). The number of halogens is 2. The number of amides is 3. The van der Waals surface area contributed by atoms with Crippen molar-refractivity contribution >= 4 is 69.2 Å². The van der Waals surface area contributed by atoms with Crippen LogP contribution < -0.4 is 42.2 Å². The Bertz CT molecular complexity index is 2190. The highest BCUT2D eigenvalue weighted by atomic mass is 79.9. The molecule has 1 aromatic carbocycles. The summed E-state index contributed by atoms with van der Waals surface area (Å²) in [6, 6.07) is 9.75. The number of aryl methyl sites for hydroxylation is 1. The fourth-order valence-electron chi connectivity index (χ4n) is 6.02. The molecule has 3 N–H and O–H groups in total. The summed E-state index contributed by atoms with van der Waals surface area (Å²) in [6.07, 6.45) is 3.71. The van der Waals surface area contributed by atoms with Crippen molar-refractivity contribution in [2.75, 3.05) is 38.6 Å². The molecule has 0 radical (unpaired) electrons. The lowest BCUT2D eigenvalue weighted by molar-refractivity contribution is -0.665. The fraction of sp³-hybridized carbons (Fsp3) is 0.417. The Morgan fingerprint density at radius 3 is 2.64 bits per heavy atom. The number of aromatic nitrogens is 5. The molecular weight excluding hydrogens is 863 g/mol. The van der Waals surface area contributed by atoms with Gasteiger partial charge in [0.1, 0.15) is 41.3 Å². The average Bonchev–Trinajstić information content (AvgIpc) is 3.79. The molecule has 1 fully saturated rings. The number of benzene rings is 1. The van der Waals surface area contributed by atoms with E-state index in [2.05, 4.69) is 44.9 Å². The van der Waals surface area contributed by atoms with Crippen LogP contribution in [0.25, 0.3) is 11.2 Å². The van der Waals surface area contributed by atoms with Gasteiger partial charge in [-0.2, -0.15) is 9.36 Å². The number of pyridine rings is 1. The quantitative estimate of drug-likeness (QED) is 0.0336. The normalized spacial score (nSPS) is 16.6. The second kappa shape index (κ2) is 19.5. The van der Waals surface area contributed by atoms with Crippen LogP contribution >= 0.6 is 23.3 Å². The highest BCUT2D eigenvalue weighted by Crippen LogP contribution is 2.41. The van der Waals surface area contributed by atoms with Crippen LogP contribution in [0.15, 0.2) is 65.3 Å². The molecule has 1 saturated heterocycles. The number of alkyl halides is 1. The first kappa shape index (κ1) is 43.9. The number of methoxy groups -OCH3 is 1. The number of fused-ring (bicyclic) bond motifs is 2. The van der Waals surface area contributed by atoms with Crippen molar-refractivity contribution in [1.82, 2.24) is 34.4 Å². The van der Waals surface area contributed by atoms with E-state index >= 15 is 0 Å². The number of nitrogens with one attached hydrogen (secondary N) is 3. The zero-order valence-corrected chi connectivity index (χ0v) is 35.4. The average molecular weight is 906 g/mol. The van der Waals surface area contributed by atoms with E-state index in [1.807, 2.05) is 30.1 Å². The third-order valence-corrected chi connectivity index (χ3v) is 10.5. The van der Waals surface area contributed by atoms with Crippen molar-refractivity contribution in [3.8, 4) is 5.75 Å². The number of carbonyl (C=O) groups is 4. The summed E-state index contributed by atoms with van der Waals surface area (Å²) in [5.41, 5.74) is 1.68. The minimum Gasteiger partial charge on any atom is -1.00 e. The summed E-state index contributed by atoms with van der Waals surface area (Å²) >= 11 is 2.06. The number of carbonyl (C=O) groups excluding carboxylic acids is 4. The first-order valence-corrected chi connectivity index (χ1v) is 19.6. The van der Waals surface area contributed by atoms with Crippen LogP contribution in [0.2, 0.25) is 0 Å². The summed E-state index contributed by atoms with van der Waals surface area (Å²) in [7, 11) is 3.45. The molecule has 3 aromatic heterocycles. The van der Waals surface area contributed by atoms with Crippen molar-refractivity contribution in [2.45, 2.75) is 63.9 Å². The van der Waals surface area contributed by atoms with E-state index in [0.29, 0.717) is 28.3 Å². The molecule has 58 heavy (non-hydrogen) atoms. The van der Waals surface area contributed by atoms with Gasteiger partial charge < -0.3 is 46.7 Å². The van der Waals surface area contributed by atoms with Crippen LogP contribution in [0.1, 0.15) is 38.6 Å². The summed E-state index contributed by atoms with van der Waals surface area (Å²) in [6.45, 7) is 5.40. The third kappa shape index (κ3) is 10.3. The number of hydrogen-bond acceptors (Lipinski definition) is 15. The molecule has 0 bridgehead atoms. The monoisotopic (exact) mass is 904 g/mol. The molecule has 18 nitrogen and oxygen atoms in total. The Hall–Kier alpha value is -5.19. The number of esters is 1. The smallest absolute Gasteiger partial charge is 0.414 e. The van der Waals surface area contributed by atoms with Crippen molar-refractivity contribution < 1.29 is 64.2 Å². The highest BCUT2D eigenvalue weighted by molar-refractivity contribution is 8.00. The van der Waals surface area contributed by atoms with E-state index in [1.54, 1.807) is 58.3 Å². The van der Waals surface area contributed by atoms with Crippen LogP contribution in [0.5, 0.6) is 5.75 Å². The lowest BCUT2D eigenvalue weighted by Gasteiger charge is -2.49. The number of oxime groups is 1. The number of imidazole rings is 1. The minimum absolute atomic E-state index is 0. The van der Waals surface area contributed by atoms with Gasteiger partial charge in [0.2, 0.25) is 16.7 Å². The van der Waals surface area contributed by atoms with Gasteiger partial charge in [-0.3, -0.25) is 24.4 Å². The second-order valence-corrected chi connectivity index (χ2v) is 15.6. The van der Waals surface area contributed by atoms with Gasteiger partial charge >= 0.3 is 17.7 Å². The predicted octanol–water partition coefficient (Wildman–Crippen LogP) is -0.110. The van der Waals surface area contributed by atoms with Gasteiger partial charge in [-0.15, -0.1) is 16.7 Å². The van der Waals surface area contributed by atoms with Crippen molar-refractivity contribution in [3.05, 3.63) is 71.6 Å². The molecule has 0 spiro atoms. The molecule has 4 aromatic rings. The molecule has 5 heterocycles. The zero-order chi connectivity index (χ0) is 40.7. The molecule has 2 unspecified atom stereocenters. The van der Waals surface area contributed by atoms with Crippen molar-refractivity contribution in [3.63, 3.8) is 0 Å². The lowest BCUT2D eigenvalue weighted by Crippen LogP contribution is -3.00. The summed E-state index contributed by atoms with van der Waals surface area (Å²) in [5, 5.41) is 11.0. The largest absolute Gasteiger partial charge is 1.00 e. The lowest BCUT2D eigenvalue weighted by atomic mass is 10.0. The van der Waals surface area contributed by atoms with Gasteiger partial charge in [0, 0.05) is 22.9 Å². The van der Waals surface area contributed by atoms with Gasteiger partial charge in [0.25, 0.3) is 18.7 Å². The number of ether oxygens (including phenoxy) is 3. The van der Waals surface area contributed by atoms with Crippen LogP contribution in [0.3, 0.4) is 0 Å². The van der Waals surface area contributed by atoms with E-state index in [-0.39, 0.29) is 46.8 Å². The van der Waals surface area contributed by atoms with E-state index in [0.717, 1.165) is 36.6 Å². The molecule has 0 saturated carbocycles. The summed E-state index contributed by atoms with van der Waals surface area (Å²) < 4.78 is 37.4. The molecular formula is C36H42BrFN10O8S2. The van der Waals surface area contributed by atoms with E-state index in [9.17, 15) is 23.6 Å². The number of nitrogens with zero attached hydrogens (tertiary/aromatic N) is 7. The first-order chi connectivity index (χ1) is 27.4. The fourth-order valence-corrected chi connectivity index (χ4v) is 7.91. The Kier molecular flexibility index (Phi) is 14.8. The third-order valence-electron chi connectivity index (χ3n) is 8.53. The van der Waals surface area contributed by atoms with Gasteiger partial charge in [-0.05, 0) is 70.6 Å². The van der Waals surface area contributed by atoms with Crippen molar-refractivity contribution in [1.29, 1.82) is 0 Å². The van der Waals surface area contributed by atoms with Crippen molar-refractivity contribution in [2.24, 2.45) is 5.16 Å². The second-order valence-electron chi connectivity index (χ2n) is 13.7. The molecule has 22 heteroatoms. The topological polar surface area (TPSA) is 204 Å². The summed E-state index contributed by atoms with van der Waals surface area (Å²) in [5.74, 6) is -1.60. The van der Waals surface area contributed by atoms with E-state index in [4.69, 9.17) is 14.2 Å². The number of rotatable bonds is 16. The number of hydrogen-bond donors (Lipinski definition) is 3. The number of anilines is 1. The molecule has 0 aliphatic carbocycles. The Morgan fingerprint density at radius 1 is 1.16 bits per heavy atom. The molecule has 2 aliphatic rings. The van der Waals surface area contributed by atoms with Crippen LogP contribution in [-0.4, -0.2) is 104 Å². The SMILES string of the molecule is CNCCCn1c[n+](CC2=C(C(=O)OCc3ccc(OC)cc3)N3C(=O)C(NC(=O)/C(=N\OCF)c4nsc(NC(=O)OC(C)(C)C)n4)C3SC2)c2ncccc21.[Br-]. The zero-order valence-electron chi connectivity index (χ0n) is 32.2. The van der Waals surface area contributed by atoms with Crippen LogP contribution in [0.4, 0.5) is 14.3 Å². The molecule has 2 atom stereocenters. The number of thioether (sulfide) groups is 1. The molecule has 310 valence electrons. The van der Waals surface area contributed by atoms with Gasteiger partial charge in [-0.1, -0.05) is 17.3 Å². The maximum Gasteiger partial charge on any atom is 0.414 e. The maximum absolute atomic E-state index is 14.0.